The normalized spacial score (nSPS) is 11.0. The van der Waals surface area contributed by atoms with E-state index in [0.29, 0.717) is 0 Å². The number of nitrogens with zero attached hydrogens (tertiary/aromatic N) is 2. The van der Waals surface area contributed by atoms with Crippen molar-refractivity contribution >= 4 is 5.52 Å². The smallest absolute Gasteiger partial charge is 0.0667 e. The van der Waals surface area contributed by atoms with Gasteiger partial charge in [-0.25, -0.2) is 4.52 Å². The molecule has 0 aliphatic carbocycles. The van der Waals surface area contributed by atoms with Crippen LogP contribution in [0.4, 0.5) is 0 Å². The van der Waals surface area contributed by atoms with Crippen LogP contribution in [0.2, 0.25) is 0 Å². The summed E-state index contributed by atoms with van der Waals surface area (Å²) in [6.07, 6.45) is 3.97. The van der Waals surface area contributed by atoms with Crippen LogP contribution < -0.4 is 5.73 Å². The fraction of sp³-hybridized carbons (Fsp3) is 0.364. The van der Waals surface area contributed by atoms with Crippen molar-refractivity contribution < 1.29 is 0 Å². The van der Waals surface area contributed by atoms with Gasteiger partial charge in [0.1, 0.15) is 0 Å². The summed E-state index contributed by atoms with van der Waals surface area (Å²) in [6, 6.07) is 6.33. The maximum Gasteiger partial charge on any atom is 0.0667 e. The van der Waals surface area contributed by atoms with Gasteiger partial charge in [0, 0.05) is 6.20 Å². The van der Waals surface area contributed by atoms with Crippen LogP contribution in [0.1, 0.15) is 17.7 Å². The predicted molar refractivity (Wildman–Crippen MR) is 57.3 cm³/mol. The standard InChI is InChI=1S/C11H15N3/c1-9-4-6-14-11(7-9)8-10(13-14)3-2-5-12/h4,6-8H,2-3,5,12H2,1H3. The molecule has 3 heteroatoms. The number of nitrogens with two attached hydrogens (primary N) is 1. The molecule has 3 nitrogen and oxygen atoms in total. The first-order chi connectivity index (χ1) is 6.79. The minimum absolute atomic E-state index is 0.729. The van der Waals surface area contributed by atoms with Gasteiger partial charge in [0.05, 0.1) is 11.2 Å². The van der Waals surface area contributed by atoms with Gasteiger partial charge in [0.15, 0.2) is 0 Å². The van der Waals surface area contributed by atoms with Gasteiger partial charge in [-0.2, -0.15) is 5.10 Å². The van der Waals surface area contributed by atoms with Crippen molar-refractivity contribution in [3.05, 3.63) is 35.7 Å². The summed E-state index contributed by atoms with van der Waals surface area (Å²) in [4.78, 5) is 0. The molecule has 0 saturated heterocycles. The van der Waals surface area contributed by atoms with Crippen LogP contribution in [-0.4, -0.2) is 16.2 Å². The Labute approximate surface area is 83.5 Å². The summed E-state index contributed by atoms with van der Waals surface area (Å²) in [7, 11) is 0. The Morgan fingerprint density at radius 3 is 3.07 bits per heavy atom. The number of hydrogen-bond donors (Lipinski definition) is 1. The zero-order valence-corrected chi connectivity index (χ0v) is 8.40. The molecule has 0 amide bonds. The van der Waals surface area contributed by atoms with Gasteiger partial charge in [-0.1, -0.05) is 0 Å². The highest BCUT2D eigenvalue weighted by Gasteiger charge is 2.00. The van der Waals surface area contributed by atoms with Crippen LogP contribution in [0.15, 0.2) is 24.4 Å². The molecule has 0 unspecified atom stereocenters. The lowest BCUT2D eigenvalue weighted by Gasteiger charge is -1.93. The monoisotopic (exact) mass is 189 g/mol. The quantitative estimate of drug-likeness (QED) is 0.795. The van der Waals surface area contributed by atoms with E-state index in [4.69, 9.17) is 5.73 Å². The molecule has 2 N–H and O–H groups in total. The van der Waals surface area contributed by atoms with Gasteiger partial charge in [-0.15, -0.1) is 0 Å². The zero-order valence-electron chi connectivity index (χ0n) is 8.40. The molecule has 0 aliphatic rings. The van der Waals surface area contributed by atoms with E-state index in [-0.39, 0.29) is 0 Å². The minimum Gasteiger partial charge on any atom is -0.330 e. The van der Waals surface area contributed by atoms with Crippen LogP contribution in [0.3, 0.4) is 0 Å². The van der Waals surface area contributed by atoms with Crippen LogP contribution >= 0.6 is 0 Å². The third-order valence-corrected chi connectivity index (χ3v) is 2.31. The first-order valence-electron chi connectivity index (χ1n) is 4.94. The van der Waals surface area contributed by atoms with Crippen molar-refractivity contribution in [2.75, 3.05) is 6.54 Å². The molecule has 0 radical (unpaired) electrons. The van der Waals surface area contributed by atoms with Crippen LogP contribution in [-0.2, 0) is 6.42 Å². The molecule has 0 bridgehead atoms. The topological polar surface area (TPSA) is 43.3 Å². The van der Waals surface area contributed by atoms with E-state index in [1.165, 1.54) is 5.56 Å². The van der Waals surface area contributed by atoms with E-state index >= 15 is 0 Å². The van der Waals surface area contributed by atoms with Crippen molar-refractivity contribution in [1.29, 1.82) is 0 Å². The third kappa shape index (κ3) is 1.77. The van der Waals surface area contributed by atoms with Crippen molar-refractivity contribution in [3.8, 4) is 0 Å². The van der Waals surface area contributed by atoms with E-state index in [0.717, 1.165) is 30.6 Å². The largest absolute Gasteiger partial charge is 0.330 e. The minimum atomic E-state index is 0.729. The Bertz CT molecular complexity index is 431. The van der Waals surface area contributed by atoms with Gasteiger partial charge in [-0.05, 0) is 50.1 Å². The second kappa shape index (κ2) is 3.80. The summed E-state index contributed by atoms with van der Waals surface area (Å²) in [5, 5.41) is 4.45. The first-order valence-corrected chi connectivity index (χ1v) is 4.94. The fourth-order valence-electron chi connectivity index (χ4n) is 1.56. The lowest BCUT2D eigenvalue weighted by Crippen LogP contribution is -2.00. The lowest BCUT2D eigenvalue weighted by molar-refractivity contribution is 0.789. The van der Waals surface area contributed by atoms with E-state index in [2.05, 4.69) is 30.2 Å². The molecule has 14 heavy (non-hydrogen) atoms. The van der Waals surface area contributed by atoms with Crippen LogP contribution in [0.25, 0.3) is 5.52 Å². The maximum atomic E-state index is 5.46. The summed E-state index contributed by atoms with van der Waals surface area (Å²) in [5.74, 6) is 0. The molecule has 0 saturated carbocycles. The molecular weight excluding hydrogens is 174 g/mol. The molecule has 2 aromatic heterocycles. The molecule has 2 rings (SSSR count). The summed E-state index contributed by atoms with van der Waals surface area (Å²) in [5.41, 5.74) is 9.02. The Hall–Kier alpha value is -1.35. The van der Waals surface area contributed by atoms with E-state index in [1.807, 2.05) is 10.7 Å². The van der Waals surface area contributed by atoms with Crippen LogP contribution in [0.5, 0.6) is 0 Å². The highest BCUT2D eigenvalue weighted by Crippen LogP contribution is 2.09. The molecule has 0 aromatic carbocycles. The SMILES string of the molecule is Cc1ccn2nc(CCCN)cc2c1. The summed E-state index contributed by atoms with van der Waals surface area (Å²) in [6.45, 7) is 2.82. The van der Waals surface area contributed by atoms with E-state index in [9.17, 15) is 0 Å². The average Bonchev–Trinajstić information content (AvgIpc) is 2.56. The lowest BCUT2D eigenvalue weighted by atomic mass is 10.2. The number of aromatic nitrogens is 2. The van der Waals surface area contributed by atoms with Gasteiger partial charge in [-0.3, -0.25) is 0 Å². The van der Waals surface area contributed by atoms with Gasteiger partial charge in [0.25, 0.3) is 0 Å². The van der Waals surface area contributed by atoms with Gasteiger partial charge in [0.2, 0.25) is 0 Å². The van der Waals surface area contributed by atoms with Crippen molar-refractivity contribution in [2.45, 2.75) is 19.8 Å². The average molecular weight is 189 g/mol. The molecule has 0 fully saturated rings. The highest BCUT2D eigenvalue weighted by atomic mass is 15.2. The number of aryl methyl sites for hydroxylation is 2. The Kier molecular flexibility index (Phi) is 2.50. The molecule has 2 aromatic rings. The van der Waals surface area contributed by atoms with Crippen molar-refractivity contribution in [2.24, 2.45) is 5.73 Å². The van der Waals surface area contributed by atoms with E-state index in [1.54, 1.807) is 0 Å². The summed E-state index contributed by atoms with van der Waals surface area (Å²) < 4.78 is 1.92. The van der Waals surface area contributed by atoms with Crippen molar-refractivity contribution in [3.63, 3.8) is 0 Å². The molecule has 0 spiro atoms. The number of fused-ring (bicyclic) bond motifs is 1. The molecule has 74 valence electrons. The Morgan fingerprint density at radius 2 is 2.29 bits per heavy atom. The second-order valence-electron chi connectivity index (χ2n) is 3.60. The second-order valence-corrected chi connectivity index (χ2v) is 3.60. The molecular formula is C11H15N3. The summed E-state index contributed by atoms with van der Waals surface area (Å²) >= 11 is 0. The Balaban J connectivity index is 2.32. The fourth-order valence-corrected chi connectivity index (χ4v) is 1.56. The van der Waals surface area contributed by atoms with Crippen molar-refractivity contribution in [1.82, 2.24) is 9.61 Å². The van der Waals surface area contributed by atoms with Gasteiger partial charge < -0.3 is 5.73 Å². The Morgan fingerprint density at radius 1 is 1.43 bits per heavy atom. The molecule has 2 heterocycles. The number of pyridine rings is 1. The number of hydrogen-bond acceptors (Lipinski definition) is 2. The zero-order chi connectivity index (χ0) is 9.97. The highest BCUT2D eigenvalue weighted by molar-refractivity contribution is 5.49. The van der Waals surface area contributed by atoms with E-state index < -0.39 is 0 Å². The predicted octanol–water partition coefficient (Wildman–Crippen LogP) is 1.53. The van der Waals surface area contributed by atoms with Crippen LogP contribution in [0, 0.1) is 6.92 Å². The molecule has 0 aliphatic heterocycles. The molecule has 0 atom stereocenters. The first kappa shape index (κ1) is 9.21. The third-order valence-electron chi connectivity index (χ3n) is 2.31. The van der Waals surface area contributed by atoms with Gasteiger partial charge >= 0.3 is 0 Å². The number of rotatable bonds is 3. The maximum absolute atomic E-state index is 5.46.